The third-order valence-corrected chi connectivity index (χ3v) is 4.14. The fourth-order valence-corrected chi connectivity index (χ4v) is 2.94. The molecule has 2 aromatic carbocycles. The minimum absolute atomic E-state index is 0.226. The first-order valence-electron chi connectivity index (χ1n) is 7.06. The van der Waals surface area contributed by atoms with E-state index in [0.717, 1.165) is 19.4 Å². The number of fused-ring (bicyclic) bond motifs is 1. The van der Waals surface area contributed by atoms with E-state index in [9.17, 15) is 4.39 Å². The van der Waals surface area contributed by atoms with Crippen LogP contribution in [0.3, 0.4) is 0 Å². The molecule has 0 spiro atoms. The number of nitrogens with zero attached hydrogens (tertiary/aromatic N) is 1. The highest BCUT2D eigenvalue weighted by atomic mass is 32.1. The summed E-state index contributed by atoms with van der Waals surface area (Å²) in [4.78, 5) is 2.46. The Bertz CT molecular complexity index is 684. The molecule has 0 radical (unpaired) electrons. The van der Waals surface area contributed by atoms with Crippen molar-refractivity contribution in [2.45, 2.75) is 19.4 Å². The van der Waals surface area contributed by atoms with Gasteiger partial charge in [-0.25, -0.2) is 4.39 Å². The van der Waals surface area contributed by atoms with Gasteiger partial charge in [-0.15, -0.1) is 0 Å². The molecule has 0 aliphatic carbocycles. The maximum atomic E-state index is 14.2. The number of thiocarbonyl (C=S) groups is 1. The Hall–Kier alpha value is -1.94. The first-order chi connectivity index (χ1) is 10.1. The van der Waals surface area contributed by atoms with E-state index in [-0.39, 0.29) is 10.8 Å². The lowest BCUT2D eigenvalue weighted by atomic mass is 10.0. The van der Waals surface area contributed by atoms with E-state index in [1.807, 2.05) is 6.07 Å². The molecule has 2 aromatic rings. The summed E-state index contributed by atoms with van der Waals surface area (Å²) in [5, 5.41) is 0. The van der Waals surface area contributed by atoms with Crippen LogP contribution in [0.5, 0.6) is 0 Å². The van der Waals surface area contributed by atoms with Crippen LogP contribution in [0.25, 0.3) is 0 Å². The van der Waals surface area contributed by atoms with E-state index in [4.69, 9.17) is 18.0 Å². The zero-order chi connectivity index (χ0) is 14.8. The number of rotatable bonds is 3. The van der Waals surface area contributed by atoms with Crippen molar-refractivity contribution >= 4 is 22.9 Å². The Labute approximate surface area is 129 Å². The third-order valence-electron chi connectivity index (χ3n) is 3.91. The quantitative estimate of drug-likeness (QED) is 0.881. The Morgan fingerprint density at radius 2 is 2.05 bits per heavy atom. The molecular weight excluding hydrogens is 283 g/mol. The van der Waals surface area contributed by atoms with Gasteiger partial charge in [-0.1, -0.05) is 42.5 Å². The highest BCUT2D eigenvalue weighted by Crippen LogP contribution is 2.28. The Balaban J connectivity index is 1.86. The van der Waals surface area contributed by atoms with Crippen molar-refractivity contribution in [3.8, 4) is 0 Å². The van der Waals surface area contributed by atoms with Gasteiger partial charge in [-0.05, 0) is 30.5 Å². The van der Waals surface area contributed by atoms with Crippen molar-refractivity contribution in [3.05, 3.63) is 65.0 Å². The maximum Gasteiger partial charge on any atom is 0.128 e. The van der Waals surface area contributed by atoms with Crippen molar-refractivity contribution < 1.29 is 4.39 Å². The second-order valence-corrected chi connectivity index (χ2v) is 5.76. The van der Waals surface area contributed by atoms with Crippen LogP contribution in [0.15, 0.2) is 42.5 Å². The van der Waals surface area contributed by atoms with Crippen LogP contribution in [0.2, 0.25) is 0 Å². The Kier molecular flexibility index (Phi) is 3.88. The number of benzene rings is 2. The highest BCUT2D eigenvalue weighted by molar-refractivity contribution is 7.80. The van der Waals surface area contributed by atoms with E-state index in [1.54, 1.807) is 12.1 Å². The average Bonchev–Trinajstić information content (AvgIpc) is 2.49. The summed E-state index contributed by atoms with van der Waals surface area (Å²) >= 11 is 4.88. The molecule has 0 amide bonds. The van der Waals surface area contributed by atoms with Crippen LogP contribution in [0, 0.1) is 5.82 Å². The van der Waals surface area contributed by atoms with E-state index >= 15 is 0 Å². The van der Waals surface area contributed by atoms with Crippen LogP contribution in [-0.2, 0) is 13.0 Å². The minimum Gasteiger partial charge on any atom is -0.389 e. The molecule has 21 heavy (non-hydrogen) atoms. The molecule has 3 rings (SSSR count). The molecule has 0 unspecified atom stereocenters. The maximum absolute atomic E-state index is 14.2. The molecule has 108 valence electrons. The van der Waals surface area contributed by atoms with Gasteiger partial charge in [0.15, 0.2) is 0 Å². The molecular formula is C17H17FN2S. The monoisotopic (exact) mass is 300 g/mol. The summed E-state index contributed by atoms with van der Waals surface area (Å²) in [6.07, 6.45) is 2.19. The lowest BCUT2D eigenvalue weighted by molar-refractivity contribution is 0.597. The van der Waals surface area contributed by atoms with Gasteiger partial charge in [-0.2, -0.15) is 0 Å². The zero-order valence-electron chi connectivity index (χ0n) is 11.7. The summed E-state index contributed by atoms with van der Waals surface area (Å²) < 4.78 is 14.2. The van der Waals surface area contributed by atoms with Crippen LogP contribution >= 0.6 is 12.2 Å². The van der Waals surface area contributed by atoms with Crippen molar-refractivity contribution in [2.24, 2.45) is 5.73 Å². The second-order valence-electron chi connectivity index (χ2n) is 5.32. The summed E-state index contributed by atoms with van der Waals surface area (Å²) in [5.41, 5.74) is 9.33. The topological polar surface area (TPSA) is 29.3 Å². The number of hydrogen-bond acceptors (Lipinski definition) is 2. The molecule has 1 aliphatic rings. The lowest BCUT2D eigenvalue weighted by Crippen LogP contribution is -2.29. The van der Waals surface area contributed by atoms with Gasteiger partial charge in [0, 0.05) is 29.9 Å². The predicted octanol–water partition coefficient (Wildman–Crippen LogP) is 3.41. The number of nitrogens with two attached hydrogens (primary N) is 1. The molecule has 4 heteroatoms. The number of aryl methyl sites for hydroxylation is 1. The molecule has 0 fully saturated rings. The molecule has 0 aromatic heterocycles. The summed E-state index contributed by atoms with van der Waals surface area (Å²) in [5.74, 6) is -0.247. The van der Waals surface area contributed by atoms with Gasteiger partial charge < -0.3 is 10.6 Å². The lowest BCUT2D eigenvalue weighted by Gasteiger charge is -2.31. The second kappa shape index (κ2) is 5.82. The van der Waals surface area contributed by atoms with Gasteiger partial charge in [0.1, 0.15) is 10.8 Å². The van der Waals surface area contributed by atoms with Crippen molar-refractivity contribution in [2.75, 3.05) is 11.4 Å². The molecule has 0 saturated carbocycles. The van der Waals surface area contributed by atoms with Crippen LogP contribution in [-0.4, -0.2) is 11.5 Å². The van der Waals surface area contributed by atoms with E-state index in [1.165, 1.54) is 17.3 Å². The average molecular weight is 300 g/mol. The molecule has 0 bridgehead atoms. The smallest absolute Gasteiger partial charge is 0.128 e. The van der Waals surface area contributed by atoms with Gasteiger partial charge in [0.2, 0.25) is 0 Å². The minimum atomic E-state index is -0.247. The number of para-hydroxylation sites is 1. The molecule has 0 atom stereocenters. The zero-order valence-corrected chi connectivity index (χ0v) is 12.5. The predicted molar refractivity (Wildman–Crippen MR) is 88.1 cm³/mol. The SMILES string of the molecule is NC(=S)c1ccc(CN2CCCc3ccccc32)c(F)c1. The molecule has 0 saturated heterocycles. The van der Waals surface area contributed by atoms with Crippen LogP contribution < -0.4 is 10.6 Å². The highest BCUT2D eigenvalue weighted by Gasteiger charge is 2.17. The molecule has 2 nitrogen and oxygen atoms in total. The van der Waals surface area contributed by atoms with Gasteiger partial charge in [0.05, 0.1) is 0 Å². The normalized spacial score (nSPS) is 13.9. The molecule has 1 heterocycles. The Morgan fingerprint density at radius 1 is 1.24 bits per heavy atom. The van der Waals surface area contributed by atoms with E-state index in [2.05, 4.69) is 23.1 Å². The standard InChI is InChI=1S/C17H17FN2S/c18-15-10-13(17(19)21)7-8-14(15)11-20-9-3-5-12-4-1-2-6-16(12)20/h1-2,4,6-8,10H,3,5,9,11H2,(H2,19,21). The van der Waals surface area contributed by atoms with Crippen LogP contribution in [0.4, 0.5) is 10.1 Å². The van der Waals surface area contributed by atoms with Crippen molar-refractivity contribution in [1.82, 2.24) is 0 Å². The first kappa shape index (κ1) is 14.0. The van der Waals surface area contributed by atoms with Gasteiger partial charge in [0.25, 0.3) is 0 Å². The van der Waals surface area contributed by atoms with Gasteiger partial charge >= 0.3 is 0 Å². The van der Waals surface area contributed by atoms with Crippen LogP contribution in [0.1, 0.15) is 23.1 Å². The van der Waals surface area contributed by atoms with E-state index < -0.39 is 0 Å². The fourth-order valence-electron chi connectivity index (χ4n) is 2.81. The first-order valence-corrected chi connectivity index (χ1v) is 7.47. The molecule has 2 N–H and O–H groups in total. The summed E-state index contributed by atoms with van der Waals surface area (Å²) in [7, 11) is 0. The molecule has 1 aliphatic heterocycles. The van der Waals surface area contributed by atoms with E-state index in [0.29, 0.717) is 17.7 Å². The third kappa shape index (κ3) is 2.90. The fraction of sp³-hybridized carbons (Fsp3) is 0.235. The Morgan fingerprint density at radius 3 is 2.81 bits per heavy atom. The largest absolute Gasteiger partial charge is 0.389 e. The number of anilines is 1. The van der Waals surface area contributed by atoms with Gasteiger partial charge in [-0.3, -0.25) is 0 Å². The summed E-state index contributed by atoms with van der Waals surface area (Å²) in [6.45, 7) is 1.52. The number of halogens is 1. The number of hydrogen-bond donors (Lipinski definition) is 1. The van der Waals surface area contributed by atoms with Crippen molar-refractivity contribution in [1.29, 1.82) is 0 Å². The van der Waals surface area contributed by atoms with Crippen molar-refractivity contribution in [3.63, 3.8) is 0 Å². The summed E-state index contributed by atoms with van der Waals surface area (Å²) in [6, 6.07) is 13.3.